The number of nitrogens with one attached hydrogen (secondary N) is 1. The fourth-order valence-corrected chi connectivity index (χ4v) is 7.50. The van der Waals surface area contributed by atoms with Gasteiger partial charge < -0.3 is 33.4 Å². The molecular formula is C39H45Cl2N3O9S2. The van der Waals surface area contributed by atoms with Gasteiger partial charge in [0.1, 0.15) is 34.7 Å². The maximum absolute atomic E-state index is 12.7. The van der Waals surface area contributed by atoms with Crippen LogP contribution in [0.3, 0.4) is 0 Å². The number of fused-ring (bicyclic) bond motifs is 1. The van der Waals surface area contributed by atoms with Gasteiger partial charge in [-0.15, -0.1) is 22.7 Å². The van der Waals surface area contributed by atoms with Crippen molar-refractivity contribution in [3.63, 3.8) is 0 Å². The number of carbonyl (C=O) groups excluding carboxylic acids is 2. The molecule has 0 saturated carbocycles. The lowest BCUT2D eigenvalue weighted by Gasteiger charge is -2.17. The second-order valence-electron chi connectivity index (χ2n) is 12.8. The van der Waals surface area contributed by atoms with Crippen molar-refractivity contribution in [2.45, 2.75) is 65.5 Å². The number of halogens is 2. The predicted molar refractivity (Wildman–Crippen MR) is 217 cm³/mol. The zero-order chi connectivity index (χ0) is 40.4. The van der Waals surface area contributed by atoms with Crippen molar-refractivity contribution in [2.24, 2.45) is 0 Å². The summed E-state index contributed by atoms with van der Waals surface area (Å²) in [5.41, 5.74) is 3.71. The molecule has 296 valence electrons. The van der Waals surface area contributed by atoms with E-state index < -0.39 is 12.6 Å². The molecule has 2 aromatic carbocycles. The molecule has 0 bridgehead atoms. The summed E-state index contributed by atoms with van der Waals surface area (Å²) in [7, 11) is 6.06. The van der Waals surface area contributed by atoms with Gasteiger partial charge in [-0.25, -0.2) is 9.97 Å². The van der Waals surface area contributed by atoms with E-state index in [4.69, 9.17) is 51.6 Å². The highest BCUT2D eigenvalue weighted by Gasteiger charge is 2.22. The highest BCUT2D eigenvalue weighted by molar-refractivity contribution is 7.13. The fourth-order valence-electron chi connectivity index (χ4n) is 5.08. The highest BCUT2D eigenvalue weighted by Crippen LogP contribution is 2.34. The Morgan fingerprint density at radius 2 is 1.33 bits per heavy atom. The third-order valence-corrected chi connectivity index (χ3v) is 10.9. The number of benzene rings is 2. The third kappa shape index (κ3) is 11.2. The lowest BCUT2D eigenvalue weighted by Crippen LogP contribution is -2.22. The van der Waals surface area contributed by atoms with E-state index in [0.29, 0.717) is 55.2 Å². The van der Waals surface area contributed by atoms with E-state index in [-0.39, 0.29) is 47.6 Å². The number of pyridine rings is 1. The first-order valence-corrected chi connectivity index (χ1v) is 19.7. The van der Waals surface area contributed by atoms with Gasteiger partial charge in [0.05, 0.1) is 27.6 Å². The smallest absolute Gasteiger partial charge is 0.195 e. The average Bonchev–Trinajstić information content (AvgIpc) is 3.87. The van der Waals surface area contributed by atoms with Crippen LogP contribution in [0.4, 0.5) is 0 Å². The molecule has 55 heavy (non-hydrogen) atoms. The van der Waals surface area contributed by atoms with E-state index in [2.05, 4.69) is 28.8 Å². The van der Waals surface area contributed by atoms with Gasteiger partial charge in [-0.1, -0.05) is 50.9 Å². The number of ether oxygens (including phenoxy) is 6. The number of hydrogen-bond donors (Lipinski definition) is 1. The van der Waals surface area contributed by atoms with E-state index in [1.165, 1.54) is 58.0 Å². The van der Waals surface area contributed by atoms with Crippen LogP contribution in [0.1, 0.15) is 83.6 Å². The molecule has 0 atom stereocenters. The molecule has 16 heteroatoms. The average molecular weight is 835 g/mol. The molecule has 0 aliphatic rings. The molecule has 0 aliphatic heterocycles. The van der Waals surface area contributed by atoms with Crippen molar-refractivity contribution in [1.82, 2.24) is 15.0 Å². The topological polar surface area (TPSA) is 148 Å². The number of hydrogen-bond acceptors (Lipinski definition) is 13. The van der Waals surface area contributed by atoms with Gasteiger partial charge in [0.15, 0.2) is 34.6 Å². The Morgan fingerprint density at radius 3 is 1.85 bits per heavy atom. The Bertz CT molecular complexity index is 2140. The summed E-state index contributed by atoms with van der Waals surface area (Å²) in [5, 5.41) is 6.08. The monoisotopic (exact) mass is 833 g/mol. The normalized spacial score (nSPS) is 11.5. The Kier molecular flexibility index (Phi) is 16.3. The van der Waals surface area contributed by atoms with Crippen molar-refractivity contribution in [3.8, 4) is 22.2 Å². The molecule has 5 rings (SSSR count). The lowest BCUT2D eigenvalue weighted by atomic mass is 9.99. The van der Waals surface area contributed by atoms with E-state index in [1.807, 2.05) is 24.6 Å². The van der Waals surface area contributed by atoms with Crippen molar-refractivity contribution < 1.29 is 38.0 Å². The molecule has 0 unspecified atom stereocenters. The van der Waals surface area contributed by atoms with Gasteiger partial charge in [-0.2, -0.15) is 0 Å². The molecule has 1 N–H and O–H groups in total. The van der Waals surface area contributed by atoms with Crippen LogP contribution in [0.5, 0.6) is 11.5 Å². The minimum Gasteiger partial charge on any atom is -0.487 e. The van der Waals surface area contributed by atoms with E-state index in [9.17, 15) is 14.4 Å². The summed E-state index contributed by atoms with van der Waals surface area (Å²) in [6, 6.07) is 8.13. The van der Waals surface area contributed by atoms with E-state index >= 15 is 0 Å². The fraction of sp³-hybridized carbons (Fsp3) is 0.410. The number of ketones is 2. The largest absolute Gasteiger partial charge is 0.487 e. The second kappa shape index (κ2) is 20.4. The van der Waals surface area contributed by atoms with E-state index in [0.717, 1.165) is 16.4 Å². The molecule has 3 heterocycles. The summed E-state index contributed by atoms with van der Waals surface area (Å²) in [6.45, 7) is 9.91. The van der Waals surface area contributed by atoms with Crippen LogP contribution in [0.25, 0.3) is 21.6 Å². The minimum atomic E-state index is -0.557. The Balaban J connectivity index is 0.000000245. The van der Waals surface area contributed by atoms with Crippen molar-refractivity contribution in [2.75, 3.05) is 41.7 Å². The molecule has 0 amide bonds. The predicted octanol–water partition coefficient (Wildman–Crippen LogP) is 8.97. The summed E-state index contributed by atoms with van der Waals surface area (Å²) < 4.78 is 31.8. The number of thiazole rings is 2. The van der Waals surface area contributed by atoms with Crippen LogP contribution < -0.4 is 14.9 Å². The number of carbonyl (C=O) groups is 2. The summed E-state index contributed by atoms with van der Waals surface area (Å²) in [4.78, 5) is 49.6. The standard InChI is InChI=1S/C20H24ClNO5S.C19H21ClN2O4S/c1-11(2)15-10-28-20(22-15)16(24)8-14-13(12(3)23)6-7-17(19(14)21)27-9-18(25-4)26-5;1-10(2)13-9-27-19(22-13)12-7-14(23)11-5-6-15(17(20)18(11)21-12)26-8-16(24-3)25-4/h6-7,10-11,18H,8-9H2,1-5H3;5-7,9-10,16H,8H2,1-4H3,(H,21,23). The number of rotatable bonds is 17. The molecule has 5 aromatic rings. The van der Waals surface area contributed by atoms with Crippen LogP contribution in [0.2, 0.25) is 10.0 Å². The maximum atomic E-state index is 12.7. The molecule has 0 fully saturated rings. The number of aromatic nitrogens is 3. The first kappa shape index (κ1) is 44.0. The first-order valence-electron chi connectivity index (χ1n) is 17.2. The zero-order valence-electron chi connectivity index (χ0n) is 32.1. The lowest BCUT2D eigenvalue weighted by molar-refractivity contribution is -0.122. The number of nitrogens with zero attached hydrogens (tertiary/aromatic N) is 2. The van der Waals surface area contributed by atoms with Gasteiger partial charge in [0.2, 0.25) is 0 Å². The SMILES string of the molecule is COC(COc1ccc(C(C)=O)c(CC(=O)c2nc(C(C)C)cs2)c1Cl)OC.COC(COc1ccc2c(=O)cc(-c3nc(C(C)C)cs3)[nH]c2c1Cl)OC. The van der Waals surface area contributed by atoms with Crippen LogP contribution in [-0.2, 0) is 25.4 Å². The van der Waals surface area contributed by atoms with Gasteiger partial charge in [0.25, 0.3) is 0 Å². The third-order valence-electron chi connectivity index (χ3n) is 8.33. The molecule has 0 saturated heterocycles. The molecule has 0 spiro atoms. The second-order valence-corrected chi connectivity index (χ2v) is 15.3. The maximum Gasteiger partial charge on any atom is 0.195 e. The molecule has 0 radical (unpaired) electrons. The highest BCUT2D eigenvalue weighted by atomic mass is 35.5. The van der Waals surface area contributed by atoms with Crippen LogP contribution in [0.15, 0.2) is 45.9 Å². The minimum absolute atomic E-state index is 0.0338. The van der Waals surface area contributed by atoms with Gasteiger partial charge in [-0.05, 0) is 48.6 Å². The van der Waals surface area contributed by atoms with E-state index in [1.54, 1.807) is 30.3 Å². The van der Waals surface area contributed by atoms with Crippen LogP contribution >= 0.6 is 45.9 Å². The van der Waals surface area contributed by atoms with Crippen molar-refractivity contribution in [3.05, 3.63) is 88.9 Å². The molecule has 3 aromatic heterocycles. The number of methoxy groups -OCH3 is 4. The Morgan fingerprint density at radius 1 is 0.782 bits per heavy atom. The van der Waals surface area contributed by atoms with Crippen LogP contribution in [-0.4, -0.2) is 80.8 Å². The number of aromatic amines is 1. The van der Waals surface area contributed by atoms with Gasteiger partial charge in [0, 0.05) is 62.6 Å². The zero-order valence-corrected chi connectivity index (χ0v) is 35.3. The quantitative estimate of drug-likeness (QED) is 0.0707. The Labute approximate surface area is 338 Å². The summed E-state index contributed by atoms with van der Waals surface area (Å²) in [5.74, 6) is 0.990. The number of H-pyrrole nitrogens is 1. The molecule has 0 aliphatic carbocycles. The number of Topliss-reactive ketones (excluding diaryl/α,β-unsaturated/α-hetero) is 2. The summed E-state index contributed by atoms with van der Waals surface area (Å²) in [6.07, 6.45) is -1.10. The van der Waals surface area contributed by atoms with Gasteiger partial charge >= 0.3 is 0 Å². The summed E-state index contributed by atoms with van der Waals surface area (Å²) >= 11 is 15.8. The Hall–Kier alpha value is -3.73. The first-order chi connectivity index (χ1) is 26.2. The van der Waals surface area contributed by atoms with Crippen LogP contribution in [0, 0.1) is 0 Å². The van der Waals surface area contributed by atoms with Crippen molar-refractivity contribution >= 4 is 68.3 Å². The van der Waals surface area contributed by atoms with Crippen molar-refractivity contribution in [1.29, 1.82) is 0 Å². The molecular weight excluding hydrogens is 789 g/mol. The van der Waals surface area contributed by atoms with Gasteiger partial charge in [-0.3, -0.25) is 14.4 Å². The molecule has 12 nitrogen and oxygen atoms in total.